The first-order chi connectivity index (χ1) is 13.7. The van der Waals surface area contributed by atoms with Crippen molar-refractivity contribution in [3.05, 3.63) is 0 Å². The van der Waals surface area contributed by atoms with Crippen LogP contribution >= 0.6 is 0 Å². The molecule has 1 saturated heterocycles. The minimum Gasteiger partial charge on any atom is -0.467 e. The van der Waals surface area contributed by atoms with E-state index >= 15 is 0 Å². The van der Waals surface area contributed by atoms with Crippen molar-refractivity contribution in [1.29, 1.82) is 0 Å². The lowest BCUT2D eigenvalue weighted by molar-refractivity contribution is -0.155. The predicted molar refractivity (Wildman–Crippen MR) is 107 cm³/mol. The van der Waals surface area contributed by atoms with Gasteiger partial charge < -0.3 is 19.5 Å². The number of nitrogens with zero attached hydrogens (tertiary/aromatic N) is 2. The number of rotatable bonds is 3. The fourth-order valence-corrected chi connectivity index (χ4v) is 3.06. The van der Waals surface area contributed by atoms with Crippen LogP contribution in [0.15, 0.2) is 0 Å². The zero-order valence-corrected chi connectivity index (χ0v) is 18.8. The van der Waals surface area contributed by atoms with Crippen LogP contribution in [0.25, 0.3) is 0 Å². The average Bonchev–Trinajstić information content (AvgIpc) is 3.40. The molecule has 0 aromatic carbocycles. The molecule has 10 nitrogen and oxygen atoms in total. The van der Waals surface area contributed by atoms with Gasteiger partial charge in [-0.3, -0.25) is 14.6 Å². The third-order valence-electron chi connectivity index (χ3n) is 4.44. The highest BCUT2D eigenvalue weighted by Crippen LogP contribution is 2.26. The molecule has 3 amide bonds. The van der Waals surface area contributed by atoms with Gasteiger partial charge in [0.2, 0.25) is 5.91 Å². The summed E-state index contributed by atoms with van der Waals surface area (Å²) >= 11 is 0. The number of methoxy groups -OCH3 is 1. The Labute approximate surface area is 177 Å². The Morgan fingerprint density at radius 1 is 0.800 bits per heavy atom. The maximum Gasteiger partial charge on any atom is 0.411 e. The van der Waals surface area contributed by atoms with E-state index in [0.29, 0.717) is 0 Å². The lowest BCUT2D eigenvalue weighted by Crippen LogP contribution is -2.69. The van der Waals surface area contributed by atoms with Crippen LogP contribution in [-0.4, -0.2) is 83.4 Å². The summed E-state index contributed by atoms with van der Waals surface area (Å²) in [4.78, 5) is 53.7. The zero-order valence-electron chi connectivity index (χ0n) is 18.8. The summed E-state index contributed by atoms with van der Waals surface area (Å²) in [7, 11) is 1.16. The third-order valence-corrected chi connectivity index (χ3v) is 4.44. The van der Waals surface area contributed by atoms with Crippen molar-refractivity contribution in [2.24, 2.45) is 0 Å². The van der Waals surface area contributed by atoms with E-state index in [1.54, 1.807) is 41.5 Å². The highest BCUT2D eigenvalue weighted by molar-refractivity contribution is 5.95. The molecule has 1 aliphatic heterocycles. The number of carbonyl (C=O) groups is 4. The van der Waals surface area contributed by atoms with Gasteiger partial charge in [0, 0.05) is 19.1 Å². The van der Waals surface area contributed by atoms with Crippen LogP contribution in [0.1, 0.15) is 54.4 Å². The second-order valence-electron chi connectivity index (χ2n) is 9.54. The molecule has 1 heterocycles. The highest BCUT2D eigenvalue weighted by atomic mass is 16.6. The van der Waals surface area contributed by atoms with Gasteiger partial charge in [-0.2, -0.15) is 0 Å². The molecule has 2 aliphatic rings. The Balaban J connectivity index is 2.39. The number of hydrogen-bond acceptors (Lipinski definition) is 7. The standard InChI is InChI=1S/C20H33N3O7/c1-19(2,3)29-17(26)22-10-11-23(18(27)30-20(4,5)6)14(16(25)28-7)13(22)15(24)21-12-8-9-12/h12-14H,8-11H2,1-7H3,(H,21,24)/t13-,14-/m1/s1. The van der Waals surface area contributed by atoms with E-state index in [9.17, 15) is 19.2 Å². The topological polar surface area (TPSA) is 114 Å². The molecule has 2 fully saturated rings. The van der Waals surface area contributed by atoms with E-state index in [1.165, 1.54) is 4.90 Å². The van der Waals surface area contributed by atoms with Crippen LogP contribution in [0.4, 0.5) is 9.59 Å². The second kappa shape index (κ2) is 8.69. The summed E-state index contributed by atoms with van der Waals surface area (Å²) in [6.45, 7) is 10.2. The normalized spacial score (nSPS) is 22.2. The summed E-state index contributed by atoms with van der Waals surface area (Å²) in [6, 6.07) is -2.66. The molecule has 2 rings (SSSR count). The summed E-state index contributed by atoms with van der Waals surface area (Å²) in [6.07, 6.45) is 0.148. The predicted octanol–water partition coefficient (Wildman–Crippen LogP) is 1.66. The smallest absolute Gasteiger partial charge is 0.411 e. The molecule has 1 aliphatic carbocycles. The summed E-state index contributed by atoms with van der Waals surface area (Å²) in [5.41, 5.74) is -1.59. The molecule has 0 bridgehead atoms. The molecular weight excluding hydrogens is 394 g/mol. The Morgan fingerprint density at radius 3 is 1.60 bits per heavy atom. The van der Waals surface area contributed by atoms with Crippen molar-refractivity contribution in [3.63, 3.8) is 0 Å². The van der Waals surface area contributed by atoms with Crippen LogP contribution in [0.3, 0.4) is 0 Å². The Bertz CT molecular complexity index is 691. The summed E-state index contributed by atoms with van der Waals surface area (Å²) in [5, 5.41) is 2.81. The molecule has 1 saturated carbocycles. The van der Waals surface area contributed by atoms with Crippen molar-refractivity contribution in [3.8, 4) is 0 Å². The van der Waals surface area contributed by atoms with E-state index in [0.717, 1.165) is 24.9 Å². The molecule has 1 N–H and O–H groups in total. The van der Waals surface area contributed by atoms with Gasteiger partial charge in [0.05, 0.1) is 7.11 Å². The van der Waals surface area contributed by atoms with Crippen LogP contribution in [0, 0.1) is 0 Å². The van der Waals surface area contributed by atoms with Crippen molar-refractivity contribution in [1.82, 2.24) is 15.1 Å². The van der Waals surface area contributed by atoms with Gasteiger partial charge in [0.25, 0.3) is 0 Å². The maximum absolute atomic E-state index is 13.1. The molecule has 0 aromatic heterocycles. The first-order valence-corrected chi connectivity index (χ1v) is 10.1. The van der Waals surface area contributed by atoms with Crippen molar-refractivity contribution in [2.45, 2.75) is 83.7 Å². The largest absolute Gasteiger partial charge is 0.467 e. The first kappa shape index (κ1) is 23.8. The molecule has 10 heteroatoms. The van der Waals surface area contributed by atoms with E-state index in [1.807, 2.05) is 0 Å². The second-order valence-corrected chi connectivity index (χ2v) is 9.54. The first-order valence-electron chi connectivity index (χ1n) is 10.1. The fraction of sp³-hybridized carbons (Fsp3) is 0.800. The lowest BCUT2D eigenvalue weighted by Gasteiger charge is -2.45. The van der Waals surface area contributed by atoms with Crippen molar-refractivity contribution < 1.29 is 33.4 Å². The molecule has 170 valence electrons. The summed E-state index contributed by atoms with van der Waals surface area (Å²) < 4.78 is 15.7. The van der Waals surface area contributed by atoms with Crippen LogP contribution < -0.4 is 5.32 Å². The maximum atomic E-state index is 13.1. The van der Waals surface area contributed by atoms with E-state index in [4.69, 9.17) is 14.2 Å². The van der Waals surface area contributed by atoms with Gasteiger partial charge in [0.15, 0.2) is 6.04 Å². The fourth-order valence-electron chi connectivity index (χ4n) is 3.06. The highest BCUT2D eigenvalue weighted by Gasteiger charge is 2.51. The summed E-state index contributed by atoms with van der Waals surface area (Å²) in [5.74, 6) is -1.35. The Morgan fingerprint density at radius 2 is 1.23 bits per heavy atom. The molecule has 0 radical (unpaired) electrons. The van der Waals surface area contributed by atoms with E-state index in [-0.39, 0.29) is 19.1 Å². The van der Waals surface area contributed by atoms with Gasteiger partial charge in [-0.05, 0) is 54.4 Å². The lowest BCUT2D eigenvalue weighted by atomic mass is 10.0. The number of piperazine rings is 1. The minimum atomic E-state index is -1.36. The molecule has 0 aromatic rings. The quantitative estimate of drug-likeness (QED) is 0.538. The van der Waals surface area contributed by atoms with Crippen LogP contribution in [-0.2, 0) is 23.8 Å². The van der Waals surface area contributed by atoms with E-state index < -0.39 is 47.3 Å². The van der Waals surface area contributed by atoms with E-state index in [2.05, 4.69) is 5.32 Å². The average molecular weight is 427 g/mol. The molecular formula is C20H33N3O7. The van der Waals surface area contributed by atoms with Gasteiger partial charge in [-0.15, -0.1) is 0 Å². The van der Waals surface area contributed by atoms with Gasteiger partial charge in [0.1, 0.15) is 17.2 Å². The Kier molecular flexibility index (Phi) is 6.88. The SMILES string of the molecule is COC(=O)[C@H]1[C@H](C(=O)NC2CC2)N(C(=O)OC(C)(C)C)CCN1C(=O)OC(C)(C)C. The number of ether oxygens (including phenoxy) is 3. The molecule has 30 heavy (non-hydrogen) atoms. The molecule has 0 unspecified atom stereocenters. The van der Waals surface area contributed by atoms with Crippen molar-refractivity contribution >= 4 is 24.1 Å². The third kappa shape index (κ3) is 6.24. The number of nitrogens with one attached hydrogen (secondary N) is 1. The van der Waals surface area contributed by atoms with Crippen molar-refractivity contribution in [2.75, 3.05) is 20.2 Å². The van der Waals surface area contributed by atoms with Gasteiger partial charge in [-0.25, -0.2) is 14.4 Å². The molecule has 2 atom stereocenters. The Hall–Kier alpha value is -2.52. The number of hydrogen-bond donors (Lipinski definition) is 1. The number of amides is 3. The number of esters is 1. The van der Waals surface area contributed by atoms with Gasteiger partial charge in [-0.1, -0.05) is 0 Å². The zero-order chi connectivity index (χ0) is 22.9. The van der Waals surface area contributed by atoms with Gasteiger partial charge >= 0.3 is 18.2 Å². The number of carbonyl (C=O) groups excluding carboxylic acids is 4. The van der Waals surface area contributed by atoms with Crippen LogP contribution in [0.5, 0.6) is 0 Å². The monoisotopic (exact) mass is 427 g/mol. The van der Waals surface area contributed by atoms with Crippen LogP contribution in [0.2, 0.25) is 0 Å². The minimum absolute atomic E-state index is 0.00437. The molecule has 0 spiro atoms.